The van der Waals surface area contributed by atoms with Crippen LogP contribution < -0.4 is 10.1 Å². The molecule has 0 aromatic heterocycles. The molecule has 3 aromatic carbocycles. The first-order chi connectivity index (χ1) is 13.0. The van der Waals surface area contributed by atoms with Crippen molar-refractivity contribution in [1.29, 1.82) is 0 Å². The van der Waals surface area contributed by atoms with Gasteiger partial charge in [-0.3, -0.25) is 9.59 Å². The normalized spacial score (nSPS) is 10.4. The summed E-state index contributed by atoms with van der Waals surface area (Å²) in [5.74, 6) is -0.488. The molecule has 0 heterocycles. The van der Waals surface area contributed by atoms with E-state index in [0.717, 1.165) is 10.8 Å². The van der Waals surface area contributed by atoms with Crippen molar-refractivity contribution in [3.8, 4) is 5.75 Å². The molecule has 0 atom stereocenters. The van der Waals surface area contributed by atoms with Gasteiger partial charge in [0.15, 0.2) is 6.61 Å². The molecule has 0 unspecified atom stereocenters. The van der Waals surface area contributed by atoms with Gasteiger partial charge in [-0.1, -0.05) is 30.3 Å². The third-order valence-electron chi connectivity index (χ3n) is 4.02. The molecule has 0 saturated heterocycles. The standard InChI is InChI=1S/C21H19FN2O3/c1-24(13-20(25)23-18-9-7-17(22)8-10-18)21(26)14-27-19-11-6-15-4-2-3-5-16(15)12-19/h2-12H,13-14H2,1H3,(H,23,25). The van der Waals surface area contributed by atoms with Crippen molar-refractivity contribution < 1.29 is 18.7 Å². The summed E-state index contributed by atoms with van der Waals surface area (Å²) in [5, 5.41) is 4.72. The van der Waals surface area contributed by atoms with Gasteiger partial charge in [0, 0.05) is 12.7 Å². The summed E-state index contributed by atoms with van der Waals surface area (Å²) in [7, 11) is 1.52. The van der Waals surface area contributed by atoms with Crippen molar-refractivity contribution in [2.75, 3.05) is 25.5 Å². The number of ether oxygens (including phenoxy) is 1. The summed E-state index contributed by atoms with van der Waals surface area (Å²) in [4.78, 5) is 25.5. The Balaban J connectivity index is 1.50. The number of benzene rings is 3. The van der Waals surface area contributed by atoms with Gasteiger partial charge in [-0.2, -0.15) is 0 Å². The molecule has 0 aliphatic carbocycles. The Morgan fingerprint density at radius 1 is 1.00 bits per heavy atom. The van der Waals surface area contributed by atoms with E-state index in [1.807, 2.05) is 36.4 Å². The van der Waals surface area contributed by atoms with Gasteiger partial charge in [-0.25, -0.2) is 4.39 Å². The van der Waals surface area contributed by atoms with E-state index in [1.165, 1.54) is 36.2 Å². The molecule has 27 heavy (non-hydrogen) atoms. The fourth-order valence-corrected chi connectivity index (χ4v) is 2.55. The molecular formula is C21H19FN2O3. The third kappa shape index (κ3) is 5.04. The molecule has 0 aliphatic heterocycles. The van der Waals surface area contributed by atoms with E-state index in [-0.39, 0.29) is 30.8 Å². The second-order valence-corrected chi connectivity index (χ2v) is 6.10. The molecule has 2 amide bonds. The maximum atomic E-state index is 12.9. The van der Waals surface area contributed by atoms with Crippen LogP contribution >= 0.6 is 0 Å². The molecule has 1 N–H and O–H groups in total. The minimum absolute atomic E-state index is 0.128. The largest absolute Gasteiger partial charge is 0.484 e. The van der Waals surface area contributed by atoms with Gasteiger partial charge in [0.2, 0.25) is 5.91 Å². The van der Waals surface area contributed by atoms with Crippen LogP contribution in [0.25, 0.3) is 10.8 Å². The summed E-state index contributed by atoms with van der Waals surface area (Å²) < 4.78 is 18.4. The zero-order chi connectivity index (χ0) is 19.2. The number of hydrogen-bond acceptors (Lipinski definition) is 3. The quantitative estimate of drug-likeness (QED) is 0.727. The smallest absolute Gasteiger partial charge is 0.260 e. The fraction of sp³-hybridized carbons (Fsp3) is 0.143. The average molecular weight is 366 g/mol. The van der Waals surface area contributed by atoms with Gasteiger partial charge >= 0.3 is 0 Å². The lowest BCUT2D eigenvalue weighted by atomic mass is 10.1. The van der Waals surface area contributed by atoms with E-state index < -0.39 is 0 Å². The van der Waals surface area contributed by atoms with Gasteiger partial charge in [0.05, 0.1) is 6.54 Å². The summed E-state index contributed by atoms with van der Waals surface area (Å²) in [6.45, 7) is -0.296. The highest BCUT2D eigenvalue weighted by molar-refractivity contribution is 5.94. The van der Waals surface area contributed by atoms with E-state index in [2.05, 4.69) is 5.32 Å². The van der Waals surface area contributed by atoms with Crippen LogP contribution in [0.1, 0.15) is 0 Å². The van der Waals surface area contributed by atoms with Gasteiger partial charge in [0.25, 0.3) is 5.91 Å². The van der Waals surface area contributed by atoms with Gasteiger partial charge in [-0.15, -0.1) is 0 Å². The van der Waals surface area contributed by atoms with Crippen molar-refractivity contribution in [1.82, 2.24) is 4.90 Å². The van der Waals surface area contributed by atoms with E-state index in [0.29, 0.717) is 11.4 Å². The molecule has 3 rings (SSSR count). The minimum Gasteiger partial charge on any atom is -0.484 e. The van der Waals surface area contributed by atoms with E-state index in [4.69, 9.17) is 4.74 Å². The van der Waals surface area contributed by atoms with Crippen LogP contribution in [0.4, 0.5) is 10.1 Å². The summed E-state index contributed by atoms with van der Waals surface area (Å²) in [5.41, 5.74) is 0.467. The monoisotopic (exact) mass is 366 g/mol. The highest BCUT2D eigenvalue weighted by Crippen LogP contribution is 2.20. The number of nitrogens with zero attached hydrogens (tertiary/aromatic N) is 1. The van der Waals surface area contributed by atoms with Crippen LogP contribution in [0.15, 0.2) is 66.7 Å². The Labute approximate surface area is 156 Å². The number of rotatable bonds is 6. The Bertz CT molecular complexity index is 957. The maximum Gasteiger partial charge on any atom is 0.260 e. The predicted octanol–water partition coefficient (Wildman–Crippen LogP) is 3.45. The Morgan fingerprint density at radius 2 is 1.70 bits per heavy atom. The van der Waals surface area contributed by atoms with Crippen molar-refractivity contribution >= 4 is 28.3 Å². The highest BCUT2D eigenvalue weighted by atomic mass is 19.1. The number of likely N-dealkylation sites (N-methyl/N-ethyl adjacent to an activating group) is 1. The molecule has 0 bridgehead atoms. The van der Waals surface area contributed by atoms with Crippen LogP contribution in [0.3, 0.4) is 0 Å². The highest BCUT2D eigenvalue weighted by Gasteiger charge is 2.14. The molecule has 3 aromatic rings. The van der Waals surface area contributed by atoms with Crippen molar-refractivity contribution in [2.24, 2.45) is 0 Å². The summed E-state index contributed by atoms with van der Waals surface area (Å²) in [6.07, 6.45) is 0. The first kappa shape index (κ1) is 18.4. The minimum atomic E-state index is -0.383. The first-order valence-electron chi connectivity index (χ1n) is 8.42. The average Bonchev–Trinajstić information content (AvgIpc) is 2.67. The van der Waals surface area contributed by atoms with Crippen LogP contribution in [-0.2, 0) is 9.59 Å². The van der Waals surface area contributed by atoms with Crippen LogP contribution in [0, 0.1) is 5.82 Å². The molecule has 0 aliphatic rings. The zero-order valence-corrected chi connectivity index (χ0v) is 14.8. The third-order valence-corrected chi connectivity index (χ3v) is 4.02. The molecular weight excluding hydrogens is 347 g/mol. The second kappa shape index (κ2) is 8.31. The molecule has 5 nitrogen and oxygen atoms in total. The van der Waals surface area contributed by atoms with Crippen molar-refractivity contribution in [2.45, 2.75) is 0 Å². The van der Waals surface area contributed by atoms with Crippen molar-refractivity contribution in [3.63, 3.8) is 0 Å². The summed E-state index contributed by atoms with van der Waals surface area (Å²) in [6, 6.07) is 18.9. The number of carbonyl (C=O) groups is 2. The lowest BCUT2D eigenvalue weighted by Gasteiger charge is -2.17. The number of fused-ring (bicyclic) bond motifs is 1. The van der Waals surface area contributed by atoms with Crippen LogP contribution in [0.2, 0.25) is 0 Å². The number of anilines is 1. The summed E-state index contributed by atoms with van der Waals surface area (Å²) >= 11 is 0. The number of carbonyl (C=O) groups excluding carboxylic acids is 2. The number of amides is 2. The molecule has 138 valence electrons. The van der Waals surface area contributed by atoms with Gasteiger partial charge in [-0.05, 0) is 47.2 Å². The van der Waals surface area contributed by atoms with Crippen LogP contribution in [0.5, 0.6) is 5.75 Å². The van der Waals surface area contributed by atoms with E-state index in [9.17, 15) is 14.0 Å². The zero-order valence-electron chi connectivity index (χ0n) is 14.8. The number of halogens is 1. The molecule has 6 heteroatoms. The number of hydrogen-bond donors (Lipinski definition) is 1. The second-order valence-electron chi connectivity index (χ2n) is 6.10. The Hall–Kier alpha value is -3.41. The maximum absolute atomic E-state index is 12.9. The predicted molar refractivity (Wildman–Crippen MR) is 102 cm³/mol. The topological polar surface area (TPSA) is 58.6 Å². The first-order valence-corrected chi connectivity index (χ1v) is 8.42. The molecule has 0 spiro atoms. The number of nitrogens with one attached hydrogen (secondary N) is 1. The Kier molecular flexibility index (Phi) is 5.66. The molecule has 0 radical (unpaired) electrons. The lowest BCUT2D eigenvalue weighted by molar-refractivity contribution is -0.135. The van der Waals surface area contributed by atoms with Gasteiger partial charge < -0.3 is 15.0 Å². The lowest BCUT2D eigenvalue weighted by Crippen LogP contribution is -2.37. The molecule has 0 fully saturated rings. The molecule has 0 saturated carbocycles. The van der Waals surface area contributed by atoms with E-state index >= 15 is 0 Å². The van der Waals surface area contributed by atoms with Crippen LogP contribution in [-0.4, -0.2) is 36.9 Å². The fourth-order valence-electron chi connectivity index (χ4n) is 2.55. The van der Waals surface area contributed by atoms with E-state index in [1.54, 1.807) is 6.07 Å². The SMILES string of the molecule is CN(CC(=O)Nc1ccc(F)cc1)C(=O)COc1ccc2ccccc2c1. The van der Waals surface area contributed by atoms with Gasteiger partial charge in [0.1, 0.15) is 11.6 Å². The van der Waals surface area contributed by atoms with Crippen molar-refractivity contribution in [3.05, 3.63) is 72.5 Å². The Morgan fingerprint density at radius 3 is 2.44 bits per heavy atom.